The van der Waals surface area contributed by atoms with Gasteiger partial charge >= 0.3 is 5.97 Å². The molecule has 1 saturated carbocycles. The summed E-state index contributed by atoms with van der Waals surface area (Å²) in [5, 5.41) is 9.09. The average molecular weight is 257 g/mol. The molecule has 0 amide bonds. The second kappa shape index (κ2) is 7.10. The van der Waals surface area contributed by atoms with Crippen LogP contribution in [0.15, 0.2) is 0 Å². The van der Waals surface area contributed by atoms with E-state index in [-0.39, 0.29) is 12.6 Å². The van der Waals surface area contributed by atoms with Crippen LogP contribution in [0.5, 0.6) is 0 Å². The molecular formula is C14H27NO3. The van der Waals surface area contributed by atoms with Gasteiger partial charge in [-0.05, 0) is 33.6 Å². The van der Waals surface area contributed by atoms with Gasteiger partial charge in [0.15, 0.2) is 0 Å². The molecule has 106 valence electrons. The van der Waals surface area contributed by atoms with Crippen molar-refractivity contribution in [2.24, 2.45) is 0 Å². The quantitative estimate of drug-likeness (QED) is 0.739. The van der Waals surface area contributed by atoms with Crippen LogP contribution in [0.1, 0.15) is 52.9 Å². The monoisotopic (exact) mass is 257 g/mol. The molecule has 0 atom stereocenters. The minimum atomic E-state index is -0.410. The second-order valence-corrected chi connectivity index (χ2v) is 6.03. The largest absolute Gasteiger partial charge is 0.460 e. The van der Waals surface area contributed by atoms with Crippen LogP contribution in [0.25, 0.3) is 0 Å². The molecule has 1 N–H and O–H groups in total. The van der Waals surface area contributed by atoms with E-state index in [9.17, 15) is 4.79 Å². The number of esters is 1. The molecule has 0 aromatic carbocycles. The summed E-state index contributed by atoms with van der Waals surface area (Å²) in [4.78, 5) is 13.9. The number of aliphatic hydroxyl groups excluding tert-OH is 1. The van der Waals surface area contributed by atoms with Crippen LogP contribution >= 0.6 is 0 Å². The number of aliphatic hydroxyl groups is 1. The highest BCUT2D eigenvalue weighted by molar-refractivity contribution is 5.70. The molecule has 0 saturated heterocycles. The van der Waals surface area contributed by atoms with Gasteiger partial charge < -0.3 is 9.84 Å². The van der Waals surface area contributed by atoms with Crippen LogP contribution in [0.4, 0.5) is 0 Å². The van der Waals surface area contributed by atoms with Gasteiger partial charge in [-0.15, -0.1) is 0 Å². The van der Waals surface area contributed by atoms with E-state index in [4.69, 9.17) is 9.84 Å². The predicted octanol–water partition coefficient (Wildman–Crippen LogP) is 1.96. The van der Waals surface area contributed by atoms with E-state index in [0.717, 1.165) is 0 Å². The average Bonchev–Trinajstić information content (AvgIpc) is 2.74. The van der Waals surface area contributed by atoms with Crippen molar-refractivity contribution in [1.29, 1.82) is 0 Å². The number of nitrogens with zero attached hydrogens (tertiary/aromatic N) is 1. The lowest BCUT2D eigenvalue weighted by Gasteiger charge is -2.28. The highest BCUT2D eigenvalue weighted by Crippen LogP contribution is 2.23. The van der Waals surface area contributed by atoms with Gasteiger partial charge in [0.1, 0.15) is 5.60 Å². The molecule has 4 nitrogen and oxygen atoms in total. The Kier molecular flexibility index (Phi) is 6.09. The molecule has 1 aliphatic rings. The van der Waals surface area contributed by atoms with Crippen molar-refractivity contribution in [3.8, 4) is 0 Å². The van der Waals surface area contributed by atoms with E-state index in [1.54, 1.807) is 0 Å². The maximum absolute atomic E-state index is 11.7. The summed E-state index contributed by atoms with van der Waals surface area (Å²) in [6.45, 7) is 7.16. The van der Waals surface area contributed by atoms with Crippen LogP contribution in [-0.4, -0.2) is 47.3 Å². The first kappa shape index (κ1) is 15.4. The number of rotatable bonds is 6. The fourth-order valence-corrected chi connectivity index (χ4v) is 2.50. The topological polar surface area (TPSA) is 49.8 Å². The van der Waals surface area contributed by atoms with Crippen LogP contribution in [0.3, 0.4) is 0 Å². The smallest absolute Gasteiger partial charge is 0.307 e. The molecule has 0 aliphatic heterocycles. The van der Waals surface area contributed by atoms with E-state index in [1.165, 1.54) is 25.7 Å². The third-order valence-corrected chi connectivity index (χ3v) is 3.25. The van der Waals surface area contributed by atoms with Crippen LogP contribution in [0, 0.1) is 0 Å². The van der Waals surface area contributed by atoms with Gasteiger partial charge in [-0.3, -0.25) is 9.69 Å². The Morgan fingerprint density at radius 1 is 1.28 bits per heavy atom. The molecule has 1 rings (SSSR count). The number of carbonyl (C=O) groups excluding carboxylic acids is 1. The van der Waals surface area contributed by atoms with Crippen molar-refractivity contribution < 1.29 is 14.6 Å². The van der Waals surface area contributed by atoms with Crippen LogP contribution in [-0.2, 0) is 9.53 Å². The van der Waals surface area contributed by atoms with E-state index >= 15 is 0 Å². The molecule has 0 radical (unpaired) electrons. The Morgan fingerprint density at radius 3 is 2.39 bits per heavy atom. The zero-order valence-electron chi connectivity index (χ0n) is 11.9. The van der Waals surface area contributed by atoms with Crippen molar-refractivity contribution in [3.05, 3.63) is 0 Å². The molecule has 0 bridgehead atoms. The highest BCUT2D eigenvalue weighted by Gasteiger charge is 2.23. The lowest BCUT2D eigenvalue weighted by molar-refractivity contribution is -0.155. The third-order valence-electron chi connectivity index (χ3n) is 3.25. The summed E-state index contributed by atoms with van der Waals surface area (Å²) in [5.41, 5.74) is -0.410. The molecule has 0 aromatic heterocycles. The van der Waals surface area contributed by atoms with Crippen molar-refractivity contribution in [3.63, 3.8) is 0 Å². The van der Waals surface area contributed by atoms with Crippen molar-refractivity contribution >= 4 is 5.97 Å². The number of ether oxygens (including phenoxy) is 1. The van der Waals surface area contributed by atoms with Crippen LogP contribution in [0.2, 0.25) is 0 Å². The fourth-order valence-electron chi connectivity index (χ4n) is 2.50. The fraction of sp³-hybridized carbons (Fsp3) is 0.929. The Balaban J connectivity index is 2.34. The lowest BCUT2D eigenvalue weighted by Crippen LogP contribution is -2.38. The zero-order valence-corrected chi connectivity index (χ0v) is 11.9. The number of hydrogen-bond donors (Lipinski definition) is 1. The van der Waals surface area contributed by atoms with Gasteiger partial charge in [-0.25, -0.2) is 0 Å². The first-order valence-electron chi connectivity index (χ1n) is 6.99. The normalized spacial score (nSPS) is 17.4. The highest BCUT2D eigenvalue weighted by atomic mass is 16.6. The SMILES string of the molecule is CC(C)(C)OC(=O)CCN(CCO)C1CCCC1. The molecular weight excluding hydrogens is 230 g/mol. The molecule has 18 heavy (non-hydrogen) atoms. The molecule has 1 aliphatic carbocycles. The summed E-state index contributed by atoms with van der Waals surface area (Å²) >= 11 is 0. The predicted molar refractivity (Wildman–Crippen MR) is 71.4 cm³/mol. The summed E-state index contributed by atoms with van der Waals surface area (Å²) in [5.74, 6) is -0.150. The summed E-state index contributed by atoms with van der Waals surface area (Å²) in [6.07, 6.45) is 5.31. The maximum Gasteiger partial charge on any atom is 0.307 e. The van der Waals surface area contributed by atoms with Gasteiger partial charge in [-0.1, -0.05) is 12.8 Å². The third kappa shape index (κ3) is 5.83. The van der Waals surface area contributed by atoms with E-state index in [2.05, 4.69) is 4.90 Å². The van der Waals surface area contributed by atoms with Crippen molar-refractivity contribution in [2.75, 3.05) is 19.7 Å². The van der Waals surface area contributed by atoms with Crippen LogP contribution < -0.4 is 0 Å². The second-order valence-electron chi connectivity index (χ2n) is 6.03. The number of hydrogen-bond acceptors (Lipinski definition) is 4. The lowest BCUT2D eigenvalue weighted by atomic mass is 10.2. The van der Waals surface area contributed by atoms with Gasteiger partial charge in [0.2, 0.25) is 0 Å². The van der Waals surface area contributed by atoms with Gasteiger partial charge in [0, 0.05) is 19.1 Å². The van der Waals surface area contributed by atoms with Gasteiger partial charge in [0.05, 0.1) is 13.0 Å². The van der Waals surface area contributed by atoms with E-state index < -0.39 is 5.60 Å². The summed E-state index contributed by atoms with van der Waals surface area (Å²) < 4.78 is 5.30. The summed E-state index contributed by atoms with van der Waals surface area (Å²) in [7, 11) is 0. The van der Waals surface area contributed by atoms with Crippen molar-refractivity contribution in [2.45, 2.75) is 64.5 Å². The van der Waals surface area contributed by atoms with Gasteiger partial charge in [0.25, 0.3) is 0 Å². The molecule has 1 fully saturated rings. The maximum atomic E-state index is 11.7. The standard InChI is InChI=1S/C14H27NO3/c1-14(2,3)18-13(17)8-9-15(10-11-16)12-6-4-5-7-12/h12,16H,4-11H2,1-3H3. The molecule has 4 heteroatoms. The minimum Gasteiger partial charge on any atom is -0.460 e. The van der Waals surface area contributed by atoms with E-state index in [0.29, 0.717) is 25.6 Å². The van der Waals surface area contributed by atoms with Gasteiger partial charge in [-0.2, -0.15) is 0 Å². The Morgan fingerprint density at radius 2 is 1.89 bits per heavy atom. The molecule has 0 unspecified atom stereocenters. The Bertz CT molecular complexity index is 254. The Hall–Kier alpha value is -0.610. The number of carbonyl (C=O) groups is 1. The first-order valence-corrected chi connectivity index (χ1v) is 6.99. The first-order chi connectivity index (χ1) is 8.42. The molecule has 0 aromatic rings. The molecule has 0 spiro atoms. The summed E-state index contributed by atoms with van der Waals surface area (Å²) in [6, 6.07) is 0.541. The van der Waals surface area contributed by atoms with Crippen molar-refractivity contribution in [1.82, 2.24) is 4.90 Å². The Labute approximate surface area is 110 Å². The minimum absolute atomic E-state index is 0.150. The molecule has 0 heterocycles. The van der Waals surface area contributed by atoms with E-state index in [1.807, 2.05) is 20.8 Å². The zero-order chi connectivity index (χ0) is 13.6.